The first-order chi connectivity index (χ1) is 8.95. The molecule has 0 fully saturated rings. The number of hydrogen-bond donors (Lipinski definition) is 1. The van der Waals surface area contributed by atoms with Gasteiger partial charge in [-0.2, -0.15) is 16.2 Å². The minimum absolute atomic E-state index is 0.0832. The molecule has 1 aromatic rings. The van der Waals surface area contributed by atoms with Crippen LogP contribution in [0.4, 0.5) is 10.1 Å². The first kappa shape index (κ1) is 15.4. The number of nitrogens with zero attached hydrogens (tertiary/aromatic N) is 1. The average Bonchev–Trinajstić information content (AvgIpc) is 2.37. The summed E-state index contributed by atoms with van der Waals surface area (Å²) in [6.07, 6.45) is 2.79. The number of amides is 1. The number of rotatable bonds is 6. The van der Waals surface area contributed by atoms with Crippen LogP contribution in [0.3, 0.4) is 0 Å². The number of carbonyl (C=O) groups excluding carboxylic acids is 1. The second-order valence-corrected chi connectivity index (χ2v) is 5.29. The Morgan fingerprint density at radius 1 is 1.58 bits per heavy atom. The van der Waals surface area contributed by atoms with E-state index in [1.807, 2.05) is 13.2 Å². The van der Waals surface area contributed by atoms with Crippen LogP contribution in [0.1, 0.15) is 23.7 Å². The molecule has 1 rings (SSSR count). The van der Waals surface area contributed by atoms with Crippen molar-refractivity contribution in [2.45, 2.75) is 18.6 Å². The zero-order valence-electron chi connectivity index (χ0n) is 10.7. The maximum atomic E-state index is 13.3. The Bertz CT molecular complexity index is 482. The van der Waals surface area contributed by atoms with Crippen LogP contribution in [-0.4, -0.2) is 28.9 Å². The molecule has 0 saturated carbocycles. The molecule has 0 saturated heterocycles. The zero-order chi connectivity index (χ0) is 14.4. The molecular formula is C12H15FN2O3S. The molecule has 0 spiro atoms. The Morgan fingerprint density at radius 3 is 2.79 bits per heavy atom. The summed E-state index contributed by atoms with van der Waals surface area (Å²) in [5, 5.41) is 13.5. The third-order valence-corrected chi connectivity index (χ3v) is 3.69. The molecule has 1 aromatic carbocycles. The number of halogens is 1. The Hall–Kier alpha value is -1.63. The van der Waals surface area contributed by atoms with Crippen LogP contribution in [0.2, 0.25) is 0 Å². The first-order valence-electron chi connectivity index (χ1n) is 5.70. The van der Waals surface area contributed by atoms with Crippen LogP contribution in [0.5, 0.6) is 0 Å². The van der Waals surface area contributed by atoms with Crippen molar-refractivity contribution in [3.63, 3.8) is 0 Å². The van der Waals surface area contributed by atoms with Gasteiger partial charge in [0, 0.05) is 23.4 Å². The van der Waals surface area contributed by atoms with E-state index in [1.54, 1.807) is 11.8 Å². The number of hydrogen-bond acceptors (Lipinski definition) is 4. The summed E-state index contributed by atoms with van der Waals surface area (Å²) in [6.45, 7) is 2.53. The standard InChI is InChI=1S/C12H15FN2O3S/c1-8(19-2)5-6-14-12(16)9-3-4-11(15(17)18)10(13)7-9/h3-4,7-8H,5-6H2,1-2H3,(H,14,16). The average molecular weight is 286 g/mol. The molecule has 0 aliphatic heterocycles. The highest BCUT2D eigenvalue weighted by atomic mass is 32.2. The van der Waals surface area contributed by atoms with Crippen LogP contribution >= 0.6 is 11.8 Å². The van der Waals surface area contributed by atoms with Crippen molar-refractivity contribution in [2.24, 2.45) is 0 Å². The summed E-state index contributed by atoms with van der Waals surface area (Å²) in [5.41, 5.74) is -0.549. The lowest BCUT2D eigenvalue weighted by Crippen LogP contribution is -2.26. The molecule has 1 unspecified atom stereocenters. The van der Waals surface area contributed by atoms with Crippen LogP contribution < -0.4 is 5.32 Å². The fourth-order valence-corrected chi connectivity index (χ4v) is 1.76. The Morgan fingerprint density at radius 2 is 2.26 bits per heavy atom. The van der Waals surface area contributed by atoms with Crippen LogP contribution in [0, 0.1) is 15.9 Å². The number of benzene rings is 1. The van der Waals surface area contributed by atoms with Crippen molar-refractivity contribution in [1.82, 2.24) is 5.32 Å². The molecule has 7 heteroatoms. The van der Waals surface area contributed by atoms with E-state index < -0.39 is 22.3 Å². The summed E-state index contributed by atoms with van der Waals surface area (Å²) >= 11 is 1.69. The molecule has 0 aliphatic rings. The van der Waals surface area contributed by atoms with Gasteiger partial charge in [-0.15, -0.1) is 0 Å². The van der Waals surface area contributed by atoms with Crippen molar-refractivity contribution in [3.8, 4) is 0 Å². The molecule has 19 heavy (non-hydrogen) atoms. The highest BCUT2D eigenvalue weighted by Crippen LogP contribution is 2.18. The summed E-state index contributed by atoms with van der Waals surface area (Å²) in [6, 6.07) is 3.12. The quantitative estimate of drug-likeness (QED) is 0.644. The van der Waals surface area contributed by atoms with Crippen LogP contribution in [-0.2, 0) is 0 Å². The molecule has 0 bridgehead atoms. The van der Waals surface area contributed by atoms with Gasteiger partial charge in [0.2, 0.25) is 5.82 Å². The lowest BCUT2D eigenvalue weighted by molar-refractivity contribution is -0.387. The van der Waals surface area contributed by atoms with E-state index in [0.29, 0.717) is 11.8 Å². The highest BCUT2D eigenvalue weighted by molar-refractivity contribution is 7.99. The van der Waals surface area contributed by atoms with Crippen LogP contribution in [0.15, 0.2) is 18.2 Å². The maximum absolute atomic E-state index is 13.3. The van der Waals surface area contributed by atoms with E-state index in [1.165, 1.54) is 6.07 Å². The zero-order valence-corrected chi connectivity index (χ0v) is 11.5. The van der Waals surface area contributed by atoms with Crippen molar-refractivity contribution < 1.29 is 14.1 Å². The normalized spacial score (nSPS) is 11.9. The molecule has 1 atom stereocenters. The van der Waals surface area contributed by atoms with E-state index in [0.717, 1.165) is 18.6 Å². The minimum Gasteiger partial charge on any atom is -0.352 e. The molecule has 5 nitrogen and oxygen atoms in total. The Balaban J connectivity index is 2.63. The smallest absolute Gasteiger partial charge is 0.304 e. The number of carbonyl (C=O) groups is 1. The minimum atomic E-state index is -1.00. The third-order valence-electron chi connectivity index (χ3n) is 2.65. The molecule has 0 aromatic heterocycles. The van der Waals surface area contributed by atoms with Gasteiger partial charge in [0.25, 0.3) is 5.91 Å². The topological polar surface area (TPSA) is 72.2 Å². The van der Waals surface area contributed by atoms with E-state index >= 15 is 0 Å². The Labute approximate surface area is 114 Å². The molecule has 1 N–H and O–H groups in total. The lowest BCUT2D eigenvalue weighted by atomic mass is 10.2. The maximum Gasteiger partial charge on any atom is 0.304 e. The molecular weight excluding hydrogens is 271 g/mol. The molecule has 104 valence electrons. The number of thioether (sulfide) groups is 1. The number of nitro benzene ring substituents is 1. The van der Waals surface area contributed by atoms with Crippen molar-refractivity contribution >= 4 is 23.4 Å². The van der Waals surface area contributed by atoms with E-state index in [9.17, 15) is 19.3 Å². The first-order valence-corrected chi connectivity index (χ1v) is 6.99. The monoisotopic (exact) mass is 286 g/mol. The van der Waals surface area contributed by atoms with Gasteiger partial charge in [0.05, 0.1) is 4.92 Å². The van der Waals surface area contributed by atoms with Crippen LogP contribution in [0.25, 0.3) is 0 Å². The highest BCUT2D eigenvalue weighted by Gasteiger charge is 2.16. The number of nitrogens with one attached hydrogen (secondary N) is 1. The largest absolute Gasteiger partial charge is 0.352 e. The summed E-state index contributed by atoms with van der Waals surface area (Å²) < 4.78 is 13.3. The fraction of sp³-hybridized carbons (Fsp3) is 0.417. The van der Waals surface area contributed by atoms with Gasteiger partial charge in [0.15, 0.2) is 0 Å². The fourth-order valence-electron chi connectivity index (χ4n) is 1.41. The molecule has 0 radical (unpaired) electrons. The van der Waals surface area contributed by atoms with Gasteiger partial charge in [-0.05, 0) is 24.8 Å². The number of nitro groups is 1. The van der Waals surface area contributed by atoms with E-state index in [-0.39, 0.29) is 5.56 Å². The van der Waals surface area contributed by atoms with E-state index in [4.69, 9.17) is 0 Å². The molecule has 1 amide bonds. The SMILES string of the molecule is CSC(C)CCNC(=O)c1ccc([N+](=O)[O-])c(F)c1. The Kier molecular flexibility index (Phi) is 5.75. The summed E-state index contributed by atoms with van der Waals surface area (Å²) in [4.78, 5) is 21.3. The lowest BCUT2D eigenvalue weighted by Gasteiger charge is -2.09. The second-order valence-electron chi connectivity index (χ2n) is 4.01. The molecule has 0 aliphatic carbocycles. The molecule has 0 heterocycles. The summed E-state index contributed by atoms with van der Waals surface area (Å²) in [5.74, 6) is -1.43. The summed E-state index contributed by atoms with van der Waals surface area (Å²) in [7, 11) is 0. The second kappa shape index (κ2) is 7.08. The van der Waals surface area contributed by atoms with Gasteiger partial charge >= 0.3 is 5.69 Å². The van der Waals surface area contributed by atoms with Gasteiger partial charge in [-0.1, -0.05) is 6.92 Å². The predicted octanol–water partition coefficient (Wildman–Crippen LogP) is 2.61. The van der Waals surface area contributed by atoms with Crippen molar-refractivity contribution in [2.75, 3.05) is 12.8 Å². The predicted molar refractivity (Wildman–Crippen MR) is 73.0 cm³/mol. The van der Waals surface area contributed by atoms with Crippen molar-refractivity contribution in [1.29, 1.82) is 0 Å². The van der Waals surface area contributed by atoms with Gasteiger partial charge in [-0.3, -0.25) is 14.9 Å². The van der Waals surface area contributed by atoms with Gasteiger partial charge < -0.3 is 5.32 Å². The van der Waals surface area contributed by atoms with Gasteiger partial charge in [-0.25, -0.2) is 0 Å². The third kappa shape index (κ3) is 4.51. The van der Waals surface area contributed by atoms with E-state index in [2.05, 4.69) is 5.32 Å². The van der Waals surface area contributed by atoms with Crippen molar-refractivity contribution in [3.05, 3.63) is 39.7 Å². The van der Waals surface area contributed by atoms with Gasteiger partial charge in [0.1, 0.15) is 0 Å².